The number of hydrogen-bond donors (Lipinski definition) is 0. The molecule has 0 N–H and O–H groups in total. The Morgan fingerprint density at radius 2 is 1.77 bits per heavy atom. The van der Waals surface area contributed by atoms with Gasteiger partial charge in [0.15, 0.2) is 5.16 Å². The number of unbranched alkanes of at least 4 members (excludes halogenated alkanes) is 1. The van der Waals surface area contributed by atoms with E-state index < -0.39 is 0 Å². The minimum Gasteiger partial charge on any atom is -0.467 e. The van der Waals surface area contributed by atoms with Crippen LogP contribution in [0, 0.1) is 0 Å². The smallest absolute Gasteiger partial charge is 0.261 e. The van der Waals surface area contributed by atoms with Crippen LogP contribution >= 0.6 is 11.8 Å². The van der Waals surface area contributed by atoms with Crippen LogP contribution in [0.5, 0.6) is 0 Å². The number of aromatic nitrogens is 3. The van der Waals surface area contributed by atoms with Gasteiger partial charge in [0.1, 0.15) is 11.6 Å². The lowest BCUT2D eigenvalue weighted by atomic mass is 10.1. The summed E-state index contributed by atoms with van der Waals surface area (Å²) in [5.41, 5.74) is 1.02. The minimum absolute atomic E-state index is 0.185. The van der Waals surface area contributed by atoms with Gasteiger partial charge in [-0.3, -0.25) is 19.1 Å². The largest absolute Gasteiger partial charge is 0.467 e. The third-order valence-electron chi connectivity index (χ3n) is 5.47. The third-order valence-corrected chi connectivity index (χ3v) is 6.52. The fourth-order valence-corrected chi connectivity index (χ4v) is 4.68. The van der Waals surface area contributed by atoms with E-state index in [1.807, 2.05) is 12.1 Å². The first kappa shape index (κ1) is 19.1. The van der Waals surface area contributed by atoms with Gasteiger partial charge in [0.25, 0.3) is 11.8 Å². The molecule has 2 aromatic heterocycles. The normalized spacial score (nSPS) is 15.8. The molecule has 7 nitrogen and oxygen atoms in total. The maximum absolute atomic E-state index is 12.4. The Hall–Kier alpha value is -2.87. The van der Waals surface area contributed by atoms with Gasteiger partial charge in [-0.05, 0) is 49.9 Å². The molecular weight excluding hydrogens is 400 g/mol. The van der Waals surface area contributed by atoms with Crippen LogP contribution in [-0.4, -0.2) is 43.8 Å². The molecular formula is C22H22N4O3S. The topological polar surface area (TPSA) is 81.2 Å². The van der Waals surface area contributed by atoms with Crippen molar-refractivity contribution in [1.29, 1.82) is 0 Å². The van der Waals surface area contributed by atoms with Crippen molar-refractivity contribution in [3.8, 4) is 0 Å². The fourth-order valence-electron chi connectivity index (χ4n) is 3.73. The Morgan fingerprint density at radius 3 is 2.43 bits per heavy atom. The second kappa shape index (κ2) is 8.10. The average Bonchev–Trinajstić information content (AvgIpc) is 3.24. The summed E-state index contributed by atoms with van der Waals surface area (Å²) in [5, 5.41) is 9.71. The molecule has 1 aromatic carbocycles. The lowest BCUT2D eigenvalue weighted by Gasteiger charge is -2.13. The number of thioether (sulfide) groups is 1. The molecule has 3 heterocycles. The number of amides is 2. The zero-order chi connectivity index (χ0) is 20.5. The molecule has 1 aliphatic heterocycles. The number of furan rings is 1. The molecule has 1 fully saturated rings. The number of benzene rings is 1. The second-order valence-electron chi connectivity index (χ2n) is 7.64. The van der Waals surface area contributed by atoms with E-state index in [-0.39, 0.29) is 11.8 Å². The number of fused-ring (bicyclic) bond motifs is 1. The van der Waals surface area contributed by atoms with Gasteiger partial charge in [0.2, 0.25) is 0 Å². The van der Waals surface area contributed by atoms with Crippen molar-refractivity contribution in [1.82, 2.24) is 19.7 Å². The number of imide groups is 1. The second-order valence-corrected chi connectivity index (χ2v) is 8.71. The standard InChI is InChI=1S/C22H22N4O3S/c27-20-17-7-1-2-8-18(17)21(28)25(20)11-3-4-13-30-22-24-23-19(15-9-10-15)26(22)14-16-6-5-12-29-16/h1-2,5-8,12,15H,3-4,9-11,13-14H2. The van der Waals surface area contributed by atoms with E-state index in [1.165, 1.54) is 17.7 Å². The Kier molecular flexibility index (Phi) is 5.16. The Balaban J connectivity index is 1.15. The third kappa shape index (κ3) is 3.67. The predicted octanol–water partition coefficient (Wildman–Crippen LogP) is 3.97. The maximum Gasteiger partial charge on any atom is 0.261 e. The molecule has 154 valence electrons. The van der Waals surface area contributed by atoms with Crippen molar-refractivity contribution >= 4 is 23.6 Å². The molecule has 2 aliphatic rings. The first-order chi connectivity index (χ1) is 14.7. The predicted molar refractivity (Wildman–Crippen MR) is 112 cm³/mol. The molecule has 0 saturated heterocycles. The summed E-state index contributed by atoms with van der Waals surface area (Å²) in [4.78, 5) is 26.2. The first-order valence-corrected chi connectivity index (χ1v) is 11.2. The number of carbonyl (C=O) groups excluding carboxylic acids is 2. The van der Waals surface area contributed by atoms with E-state index in [2.05, 4.69) is 14.8 Å². The van der Waals surface area contributed by atoms with Crippen molar-refractivity contribution in [2.45, 2.75) is 43.3 Å². The molecule has 8 heteroatoms. The van der Waals surface area contributed by atoms with Crippen LogP contribution in [0.2, 0.25) is 0 Å². The summed E-state index contributed by atoms with van der Waals surface area (Å²) >= 11 is 1.67. The van der Waals surface area contributed by atoms with Crippen molar-refractivity contribution in [3.63, 3.8) is 0 Å². The van der Waals surface area contributed by atoms with Gasteiger partial charge in [-0.2, -0.15) is 0 Å². The molecule has 0 unspecified atom stereocenters. The van der Waals surface area contributed by atoms with Crippen molar-refractivity contribution in [3.05, 3.63) is 65.4 Å². The van der Waals surface area contributed by atoms with Gasteiger partial charge in [0.05, 0.1) is 23.9 Å². The van der Waals surface area contributed by atoms with Crippen molar-refractivity contribution in [2.75, 3.05) is 12.3 Å². The van der Waals surface area contributed by atoms with Crippen LogP contribution in [0.1, 0.15) is 63.9 Å². The van der Waals surface area contributed by atoms with Gasteiger partial charge < -0.3 is 4.42 Å². The van der Waals surface area contributed by atoms with Crippen LogP contribution in [-0.2, 0) is 6.54 Å². The SMILES string of the molecule is O=C1c2ccccc2C(=O)N1CCCCSc1nnc(C2CC2)n1Cc1ccco1. The molecule has 1 saturated carbocycles. The van der Waals surface area contributed by atoms with E-state index >= 15 is 0 Å². The van der Waals surface area contributed by atoms with Gasteiger partial charge in [-0.15, -0.1) is 10.2 Å². The lowest BCUT2D eigenvalue weighted by Crippen LogP contribution is -2.30. The van der Waals surface area contributed by atoms with Gasteiger partial charge in [-0.25, -0.2) is 0 Å². The van der Waals surface area contributed by atoms with Crippen LogP contribution in [0.3, 0.4) is 0 Å². The summed E-state index contributed by atoms with van der Waals surface area (Å²) in [6, 6.07) is 10.9. The summed E-state index contributed by atoms with van der Waals surface area (Å²) in [7, 11) is 0. The van der Waals surface area contributed by atoms with Gasteiger partial charge in [0, 0.05) is 18.2 Å². The average molecular weight is 423 g/mol. The zero-order valence-electron chi connectivity index (χ0n) is 16.5. The first-order valence-electron chi connectivity index (χ1n) is 10.3. The molecule has 0 spiro atoms. The molecule has 30 heavy (non-hydrogen) atoms. The van der Waals surface area contributed by atoms with Gasteiger partial charge in [-0.1, -0.05) is 23.9 Å². The quantitative estimate of drug-likeness (QED) is 0.295. The maximum atomic E-state index is 12.4. The van der Waals surface area contributed by atoms with Crippen molar-refractivity contribution < 1.29 is 14.0 Å². The Morgan fingerprint density at radius 1 is 1.00 bits per heavy atom. The molecule has 2 amide bonds. The van der Waals surface area contributed by atoms with E-state index in [0.29, 0.717) is 30.1 Å². The highest BCUT2D eigenvalue weighted by atomic mass is 32.2. The van der Waals surface area contributed by atoms with Crippen molar-refractivity contribution in [2.24, 2.45) is 0 Å². The van der Waals surface area contributed by atoms with E-state index in [4.69, 9.17) is 4.42 Å². The Bertz CT molecular complexity index is 1040. The van der Waals surface area contributed by atoms with Crippen LogP contribution in [0.4, 0.5) is 0 Å². The summed E-state index contributed by atoms with van der Waals surface area (Å²) in [5.74, 6) is 2.93. The molecule has 3 aromatic rings. The van der Waals surface area contributed by atoms with E-state index in [9.17, 15) is 9.59 Å². The van der Waals surface area contributed by atoms with Crippen LogP contribution in [0.25, 0.3) is 0 Å². The lowest BCUT2D eigenvalue weighted by molar-refractivity contribution is 0.0652. The summed E-state index contributed by atoms with van der Waals surface area (Å²) in [6.07, 6.45) is 5.66. The summed E-state index contributed by atoms with van der Waals surface area (Å²) < 4.78 is 7.67. The highest BCUT2D eigenvalue weighted by Gasteiger charge is 2.34. The molecule has 0 atom stereocenters. The highest BCUT2D eigenvalue weighted by molar-refractivity contribution is 7.99. The Labute approximate surface area is 178 Å². The zero-order valence-corrected chi connectivity index (χ0v) is 17.3. The molecule has 0 bridgehead atoms. The van der Waals surface area contributed by atoms with E-state index in [1.54, 1.807) is 42.3 Å². The van der Waals surface area contributed by atoms with Gasteiger partial charge >= 0.3 is 0 Å². The summed E-state index contributed by atoms with van der Waals surface area (Å²) in [6.45, 7) is 1.09. The highest BCUT2D eigenvalue weighted by Crippen LogP contribution is 2.40. The number of rotatable bonds is 9. The van der Waals surface area contributed by atoms with Crippen LogP contribution < -0.4 is 0 Å². The number of carbonyl (C=O) groups is 2. The molecule has 0 radical (unpaired) electrons. The van der Waals surface area contributed by atoms with E-state index in [0.717, 1.165) is 35.3 Å². The molecule has 5 rings (SSSR count). The minimum atomic E-state index is -0.185. The number of nitrogens with zero attached hydrogens (tertiary/aromatic N) is 4. The fraction of sp³-hybridized carbons (Fsp3) is 0.364. The van der Waals surface area contributed by atoms with Crippen LogP contribution in [0.15, 0.2) is 52.2 Å². The molecule has 1 aliphatic carbocycles. The monoisotopic (exact) mass is 422 g/mol. The number of hydrogen-bond acceptors (Lipinski definition) is 6.